The van der Waals surface area contributed by atoms with Crippen LogP contribution in [0.25, 0.3) is 0 Å². The fourth-order valence-corrected chi connectivity index (χ4v) is 6.25. The summed E-state index contributed by atoms with van der Waals surface area (Å²) < 4.78 is 34.2. The van der Waals surface area contributed by atoms with Crippen molar-refractivity contribution in [1.82, 2.24) is 4.31 Å². The molecule has 2 aliphatic heterocycles. The number of ether oxygens (including phenoxy) is 1. The first-order valence-corrected chi connectivity index (χ1v) is 11.3. The van der Waals surface area contributed by atoms with E-state index < -0.39 is 10.0 Å². The van der Waals surface area contributed by atoms with Gasteiger partial charge in [-0.05, 0) is 69.2 Å². The Bertz CT molecular complexity index is 721. The summed E-state index contributed by atoms with van der Waals surface area (Å²) in [5.41, 5.74) is 3.87. The summed E-state index contributed by atoms with van der Waals surface area (Å²) in [6, 6.07) is 2.08. The van der Waals surface area contributed by atoms with E-state index in [9.17, 15) is 8.42 Å². The quantitative estimate of drug-likeness (QED) is 0.857. The maximum Gasteiger partial charge on any atom is 0.244 e. The van der Waals surface area contributed by atoms with Gasteiger partial charge in [0.25, 0.3) is 0 Å². The van der Waals surface area contributed by atoms with E-state index in [-0.39, 0.29) is 0 Å². The molecule has 0 radical (unpaired) electrons. The molecule has 146 valence electrons. The molecule has 0 spiro atoms. The fourth-order valence-electron chi connectivity index (χ4n) is 4.23. The van der Waals surface area contributed by atoms with Gasteiger partial charge < -0.3 is 9.64 Å². The number of quaternary nitrogens is 1. The van der Waals surface area contributed by atoms with Crippen molar-refractivity contribution in [2.24, 2.45) is 0 Å². The Labute approximate surface area is 158 Å². The zero-order valence-electron chi connectivity index (χ0n) is 16.6. The average Bonchev–Trinajstić information content (AvgIpc) is 2.61. The van der Waals surface area contributed by atoms with Crippen LogP contribution >= 0.6 is 0 Å². The number of hydrogen-bond donors (Lipinski definition) is 1. The second-order valence-corrected chi connectivity index (χ2v) is 9.81. The number of sulfonamides is 1. The molecule has 26 heavy (non-hydrogen) atoms. The third kappa shape index (κ3) is 3.98. The van der Waals surface area contributed by atoms with E-state index in [1.807, 2.05) is 27.7 Å². The first-order chi connectivity index (χ1) is 12.3. The minimum Gasteiger partial charge on any atom is -0.372 e. The molecular weight excluding hydrogens is 348 g/mol. The van der Waals surface area contributed by atoms with E-state index in [0.717, 1.165) is 54.9 Å². The molecule has 1 N–H and O–H groups in total. The fraction of sp³-hybridized carbons (Fsp3) is 0.700. The molecule has 0 amide bonds. The molecule has 2 aliphatic rings. The summed E-state index contributed by atoms with van der Waals surface area (Å²) in [7, 11) is -3.44. The number of nitrogens with one attached hydrogen (secondary N) is 1. The van der Waals surface area contributed by atoms with E-state index in [2.05, 4.69) is 6.07 Å². The molecule has 1 atom stereocenters. The molecule has 1 aromatic rings. The molecule has 0 saturated carbocycles. The van der Waals surface area contributed by atoms with Crippen LogP contribution in [0.15, 0.2) is 11.0 Å². The van der Waals surface area contributed by atoms with Gasteiger partial charge in [0.05, 0.1) is 31.1 Å². The lowest BCUT2D eigenvalue weighted by Gasteiger charge is -2.34. The smallest absolute Gasteiger partial charge is 0.244 e. The number of hydrogen-bond acceptors (Lipinski definition) is 3. The van der Waals surface area contributed by atoms with E-state index in [1.165, 1.54) is 17.7 Å². The highest BCUT2D eigenvalue weighted by molar-refractivity contribution is 7.89. The van der Waals surface area contributed by atoms with Crippen LogP contribution in [0, 0.1) is 27.7 Å². The van der Waals surface area contributed by atoms with Crippen molar-refractivity contribution in [2.75, 3.05) is 39.3 Å². The maximum atomic E-state index is 13.3. The van der Waals surface area contributed by atoms with Crippen LogP contribution in [0.4, 0.5) is 0 Å². The van der Waals surface area contributed by atoms with Gasteiger partial charge >= 0.3 is 0 Å². The summed E-state index contributed by atoms with van der Waals surface area (Å²) >= 11 is 0. The summed E-state index contributed by atoms with van der Waals surface area (Å²) in [4.78, 5) is 1.99. The predicted octanol–water partition coefficient (Wildman–Crippen LogP) is 1.38. The number of aryl methyl sites for hydroxylation is 2. The van der Waals surface area contributed by atoms with Crippen LogP contribution in [0.3, 0.4) is 0 Å². The molecule has 1 aromatic carbocycles. The molecule has 3 rings (SSSR count). The Balaban J connectivity index is 1.71. The van der Waals surface area contributed by atoms with Gasteiger partial charge in [0.15, 0.2) is 0 Å². The Morgan fingerprint density at radius 1 is 1.08 bits per heavy atom. The molecule has 2 fully saturated rings. The minimum absolute atomic E-state index is 0.353. The lowest BCUT2D eigenvalue weighted by molar-refractivity contribution is -0.907. The number of benzene rings is 1. The molecule has 0 aliphatic carbocycles. The van der Waals surface area contributed by atoms with Crippen LogP contribution < -0.4 is 4.90 Å². The normalized spacial score (nSPS) is 23.3. The lowest BCUT2D eigenvalue weighted by atomic mass is 10.0. The second kappa shape index (κ2) is 7.97. The van der Waals surface area contributed by atoms with Gasteiger partial charge in [0.1, 0.15) is 12.6 Å². The maximum absolute atomic E-state index is 13.3. The monoisotopic (exact) mass is 381 g/mol. The van der Waals surface area contributed by atoms with Gasteiger partial charge in [0.2, 0.25) is 10.0 Å². The van der Waals surface area contributed by atoms with Gasteiger partial charge in [-0.25, -0.2) is 8.42 Å². The lowest BCUT2D eigenvalue weighted by Crippen LogP contribution is -3.15. The Morgan fingerprint density at radius 3 is 2.23 bits per heavy atom. The number of rotatable bonds is 4. The van der Waals surface area contributed by atoms with Crippen molar-refractivity contribution in [3.8, 4) is 0 Å². The summed E-state index contributed by atoms with van der Waals surface area (Å²) in [5.74, 6) is 0. The molecule has 0 bridgehead atoms. The highest BCUT2D eigenvalue weighted by Gasteiger charge is 2.34. The van der Waals surface area contributed by atoms with Gasteiger partial charge in [0, 0.05) is 6.61 Å². The van der Waals surface area contributed by atoms with Crippen LogP contribution in [0.5, 0.6) is 0 Å². The molecule has 2 heterocycles. The molecule has 0 aromatic heterocycles. The van der Waals surface area contributed by atoms with E-state index in [1.54, 1.807) is 4.31 Å². The van der Waals surface area contributed by atoms with Crippen LogP contribution in [0.1, 0.15) is 41.5 Å². The van der Waals surface area contributed by atoms with Gasteiger partial charge in [-0.15, -0.1) is 0 Å². The SMILES string of the molecule is Cc1cc(C)c(C)c(S(=O)(=O)N2CC[NH+](C[C@H]3CCCCO3)CC2)c1C. The molecule has 0 unspecified atom stereocenters. The second-order valence-electron chi connectivity index (χ2n) is 7.94. The third-order valence-electron chi connectivity index (χ3n) is 6.11. The van der Waals surface area contributed by atoms with Crippen LogP contribution in [-0.2, 0) is 14.8 Å². The van der Waals surface area contributed by atoms with E-state index in [4.69, 9.17) is 4.74 Å². The summed E-state index contributed by atoms with van der Waals surface area (Å²) in [6.45, 7) is 12.6. The largest absolute Gasteiger partial charge is 0.372 e. The molecule has 2 saturated heterocycles. The zero-order valence-corrected chi connectivity index (χ0v) is 17.4. The summed E-state index contributed by atoms with van der Waals surface area (Å²) in [6.07, 6.45) is 3.92. The minimum atomic E-state index is -3.44. The Hall–Kier alpha value is -0.950. The number of piperazine rings is 1. The number of nitrogens with zero attached hydrogens (tertiary/aromatic N) is 1. The molecular formula is C20H33N2O3S+. The van der Waals surface area contributed by atoms with Crippen molar-refractivity contribution >= 4 is 10.0 Å². The van der Waals surface area contributed by atoms with Gasteiger partial charge in [-0.1, -0.05) is 6.07 Å². The molecule has 6 heteroatoms. The van der Waals surface area contributed by atoms with Crippen molar-refractivity contribution in [3.05, 3.63) is 28.3 Å². The van der Waals surface area contributed by atoms with E-state index in [0.29, 0.717) is 24.1 Å². The zero-order chi connectivity index (χ0) is 18.9. The average molecular weight is 382 g/mol. The highest BCUT2D eigenvalue weighted by Crippen LogP contribution is 2.28. The predicted molar refractivity (Wildman–Crippen MR) is 103 cm³/mol. The first kappa shape index (κ1) is 19.8. The Morgan fingerprint density at radius 2 is 1.69 bits per heavy atom. The van der Waals surface area contributed by atoms with Crippen LogP contribution in [0.2, 0.25) is 0 Å². The topological polar surface area (TPSA) is 51.0 Å². The van der Waals surface area contributed by atoms with Crippen LogP contribution in [-0.4, -0.2) is 58.2 Å². The first-order valence-electron chi connectivity index (χ1n) is 9.83. The standard InChI is InChI=1S/C20H32N2O3S/c1-15-13-16(2)18(4)20(17(15)3)26(23,24)22-10-8-21(9-11-22)14-19-7-5-6-12-25-19/h13,19H,5-12,14H2,1-4H3/p+1/t19-/m1/s1. The summed E-state index contributed by atoms with van der Waals surface area (Å²) in [5, 5.41) is 0. The van der Waals surface area contributed by atoms with Gasteiger partial charge in [-0.3, -0.25) is 0 Å². The molecule has 5 nitrogen and oxygen atoms in total. The van der Waals surface area contributed by atoms with E-state index >= 15 is 0 Å². The highest BCUT2D eigenvalue weighted by atomic mass is 32.2. The van der Waals surface area contributed by atoms with Crippen molar-refractivity contribution in [2.45, 2.75) is 58.0 Å². The third-order valence-corrected chi connectivity index (χ3v) is 8.29. The van der Waals surface area contributed by atoms with Crippen molar-refractivity contribution in [3.63, 3.8) is 0 Å². The van der Waals surface area contributed by atoms with Crippen molar-refractivity contribution in [1.29, 1.82) is 0 Å². The van der Waals surface area contributed by atoms with Crippen molar-refractivity contribution < 1.29 is 18.1 Å². The van der Waals surface area contributed by atoms with Gasteiger partial charge in [-0.2, -0.15) is 4.31 Å². The Kier molecular flexibility index (Phi) is 6.07.